The van der Waals surface area contributed by atoms with Gasteiger partial charge in [-0.25, -0.2) is 4.68 Å². The van der Waals surface area contributed by atoms with Gasteiger partial charge in [-0.2, -0.15) is 43.2 Å². The smallest absolute Gasteiger partial charge is 0.309 e. The molecule has 1 atom stereocenters. The molecule has 0 aliphatic carbocycles. The van der Waals surface area contributed by atoms with Crippen LogP contribution < -0.4 is 4.90 Å². The molecule has 1 amide bonds. The van der Waals surface area contributed by atoms with Crippen molar-refractivity contribution in [3.8, 4) is 5.69 Å². The van der Waals surface area contributed by atoms with Crippen molar-refractivity contribution in [1.82, 2.24) is 14.8 Å². The Morgan fingerprint density at radius 1 is 1.21 bits per heavy atom. The summed E-state index contributed by atoms with van der Waals surface area (Å²) in [5.41, 5.74) is 1.38. The summed E-state index contributed by atoms with van der Waals surface area (Å²) in [6, 6.07) is 3.41. The molecule has 0 aliphatic rings. The highest BCUT2D eigenvalue weighted by molar-refractivity contribution is 7.99. The number of unbranched alkanes of at least 4 members (excludes halogenated alkanes) is 1. The molecule has 0 saturated carbocycles. The van der Waals surface area contributed by atoms with Crippen LogP contribution in [0.4, 0.5) is 32.0 Å². The van der Waals surface area contributed by atoms with Gasteiger partial charge in [-0.05, 0) is 37.7 Å². The van der Waals surface area contributed by atoms with Gasteiger partial charge >= 0.3 is 12.4 Å². The lowest BCUT2D eigenvalue weighted by Gasteiger charge is -2.25. The molecule has 0 aromatic carbocycles. The number of aromatic nitrogens is 3. The Balaban J connectivity index is 2.36. The predicted molar refractivity (Wildman–Crippen MR) is 116 cm³/mol. The predicted octanol–water partition coefficient (Wildman–Crippen LogP) is 5.97. The summed E-state index contributed by atoms with van der Waals surface area (Å²) in [6.07, 6.45) is -4.02. The summed E-state index contributed by atoms with van der Waals surface area (Å²) in [7, 11) is 0. The van der Waals surface area contributed by atoms with Crippen molar-refractivity contribution < 1.29 is 31.1 Å². The summed E-state index contributed by atoms with van der Waals surface area (Å²) in [6.45, 7) is 1.75. The van der Waals surface area contributed by atoms with Gasteiger partial charge in [0.25, 0.3) is 0 Å². The van der Waals surface area contributed by atoms with E-state index in [0.29, 0.717) is 41.7 Å². The van der Waals surface area contributed by atoms with Crippen LogP contribution >= 0.6 is 11.8 Å². The number of hydrogen-bond acceptors (Lipinski definition) is 4. The molecule has 0 bridgehead atoms. The lowest BCUT2D eigenvalue weighted by molar-refractivity contribution is -0.139. The van der Waals surface area contributed by atoms with Gasteiger partial charge in [-0.15, -0.1) is 0 Å². The molecule has 12 heteroatoms. The molecule has 2 aromatic rings. The van der Waals surface area contributed by atoms with Gasteiger partial charge in [0.05, 0.1) is 29.5 Å². The van der Waals surface area contributed by atoms with Crippen LogP contribution in [0.1, 0.15) is 44.7 Å². The van der Waals surface area contributed by atoms with E-state index in [4.69, 9.17) is 0 Å². The number of rotatable bonds is 11. The molecule has 0 N–H and O–H groups in total. The van der Waals surface area contributed by atoms with E-state index in [0.717, 1.165) is 4.90 Å². The van der Waals surface area contributed by atoms with Crippen LogP contribution in [0.15, 0.2) is 30.7 Å². The normalized spacial score (nSPS) is 13.2. The van der Waals surface area contributed by atoms with Crippen LogP contribution in [0.5, 0.6) is 0 Å². The Morgan fingerprint density at radius 2 is 1.94 bits per heavy atom. The van der Waals surface area contributed by atoms with Crippen LogP contribution in [-0.2, 0) is 11.2 Å². The number of nitrogens with zero attached hydrogens (tertiary/aromatic N) is 4. The summed E-state index contributed by atoms with van der Waals surface area (Å²) in [4.78, 5) is 18.2. The Labute approximate surface area is 192 Å². The largest absolute Gasteiger partial charge is 0.401 e. The van der Waals surface area contributed by atoms with E-state index < -0.39 is 36.4 Å². The molecule has 33 heavy (non-hydrogen) atoms. The quantitative estimate of drug-likeness (QED) is 0.284. The van der Waals surface area contributed by atoms with E-state index in [9.17, 15) is 31.1 Å². The third-order valence-electron chi connectivity index (χ3n) is 4.86. The monoisotopic (exact) mass is 496 g/mol. The summed E-state index contributed by atoms with van der Waals surface area (Å²) < 4.78 is 78.9. The highest BCUT2D eigenvalue weighted by atomic mass is 32.2. The SMILES string of the molecule is CCCc1nn(-c2cccnc2)cc1N(CCCCC(F)(F)F)C(=O)CC(SC)C(F)(F)F. The second-order valence-corrected chi connectivity index (χ2v) is 8.50. The lowest BCUT2D eigenvalue weighted by atomic mass is 10.1. The van der Waals surface area contributed by atoms with Crippen LogP contribution in [0, 0.1) is 0 Å². The summed E-state index contributed by atoms with van der Waals surface area (Å²) in [5.74, 6) is -0.804. The van der Waals surface area contributed by atoms with Gasteiger partial charge in [0.1, 0.15) is 5.25 Å². The first-order chi connectivity index (χ1) is 15.5. The number of alkyl halides is 6. The molecule has 5 nitrogen and oxygen atoms in total. The van der Waals surface area contributed by atoms with Gasteiger partial charge in [0.15, 0.2) is 0 Å². The third kappa shape index (κ3) is 8.24. The van der Waals surface area contributed by atoms with Crippen LogP contribution in [-0.4, -0.2) is 51.1 Å². The number of carbonyl (C=O) groups excluding carboxylic acids is 1. The Hall–Kier alpha value is -2.24. The minimum Gasteiger partial charge on any atom is -0.309 e. The summed E-state index contributed by atoms with van der Waals surface area (Å²) >= 11 is 0.516. The Bertz CT molecular complexity index is 885. The van der Waals surface area contributed by atoms with Crippen molar-refractivity contribution in [1.29, 1.82) is 0 Å². The average molecular weight is 497 g/mol. The maximum absolute atomic E-state index is 13.3. The molecule has 0 radical (unpaired) electrons. The zero-order valence-electron chi connectivity index (χ0n) is 18.3. The fraction of sp³-hybridized carbons (Fsp3) is 0.571. The van der Waals surface area contributed by atoms with E-state index in [-0.39, 0.29) is 19.4 Å². The van der Waals surface area contributed by atoms with Gasteiger partial charge in [-0.1, -0.05) is 13.3 Å². The minimum atomic E-state index is -4.58. The fourth-order valence-electron chi connectivity index (χ4n) is 3.24. The second-order valence-electron chi connectivity index (χ2n) is 7.45. The molecule has 0 aliphatic heterocycles. The number of amides is 1. The van der Waals surface area contributed by atoms with Crippen LogP contribution in [0.25, 0.3) is 5.69 Å². The number of carbonyl (C=O) groups is 1. The average Bonchev–Trinajstić information content (AvgIpc) is 3.14. The fourth-order valence-corrected chi connectivity index (χ4v) is 3.82. The number of aryl methyl sites for hydroxylation is 1. The Morgan fingerprint density at radius 3 is 2.48 bits per heavy atom. The zero-order valence-corrected chi connectivity index (χ0v) is 19.1. The molecule has 0 fully saturated rings. The minimum absolute atomic E-state index is 0.00909. The maximum atomic E-state index is 13.3. The van der Waals surface area contributed by atoms with E-state index in [1.54, 1.807) is 18.3 Å². The molecular weight excluding hydrogens is 470 g/mol. The number of halogens is 6. The van der Waals surface area contributed by atoms with E-state index in [1.165, 1.54) is 23.3 Å². The van der Waals surface area contributed by atoms with Gasteiger partial charge < -0.3 is 4.90 Å². The van der Waals surface area contributed by atoms with Gasteiger partial charge in [0.2, 0.25) is 5.91 Å². The number of pyridine rings is 1. The molecule has 2 aromatic heterocycles. The van der Waals surface area contributed by atoms with Crippen molar-refractivity contribution in [2.24, 2.45) is 0 Å². The molecule has 184 valence electrons. The van der Waals surface area contributed by atoms with Crippen molar-refractivity contribution >= 4 is 23.4 Å². The van der Waals surface area contributed by atoms with E-state index >= 15 is 0 Å². The first kappa shape index (κ1) is 27.0. The molecule has 1 unspecified atom stereocenters. The lowest BCUT2D eigenvalue weighted by Crippen LogP contribution is -2.38. The molecule has 0 spiro atoms. The van der Waals surface area contributed by atoms with Gasteiger partial charge in [-0.3, -0.25) is 9.78 Å². The zero-order chi connectivity index (χ0) is 24.6. The highest BCUT2D eigenvalue weighted by Gasteiger charge is 2.41. The Kier molecular flexibility index (Phi) is 9.62. The number of anilines is 1. The standard InChI is InChI=1S/C21H26F6N4OS/c1-3-7-16-17(14-31(29-16)15-8-6-10-28-13-15)30(11-5-4-9-20(22,23)24)19(32)12-18(33-2)21(25,26)27/h6,8,10,13-14,18H,3-5,7,9,11-12H2,1-2H3. The van der Waals surface area contributed by atoms with E-state index in [2.05, 4.69) is 10.1 Å². The topological polar surface area (TPSA) is 51.0 Å². The van der Waals surface area contributed by atoms with Crippen molar-refractivity contribution in [3.63, 3.8) is 0 Å². The van der Waals surface area contributed by atoms with Crippen molar-refractivity contribution in [2.75, 3.05) is 17.7 Å². The van der Waals surface area contributed by atoms with Crippen molar-refractivity contribution in [2.45, 2.75) is 63.1 Å². The number of hydrogen-bond donors (Lipinski definition) is 0. The second kappa shape index (κ2) is 11.8. The molecular formula is C21H26F6N4OS. The van der Waals surface area contributed by atoms with Crippen LogP contribution in [0.3, 0.4) is 0 Å². The third-order valence-corrected chi connectivity index (χ3v) is 5.86. The van der Waals surface area contributed by atoms with Crippen molar-refractivity contribution in [3.05, 3.63) is 36.4 Å². The molecule has 0 saturated heterocycles. The summed E-state index contributed by atoms with van der Waals surface area (Å²) in [5, 5.41) is 2.55. The van der Waals surface area contributed by atoms with Crippen LogP contribution in [0.2, 0.25) is 0 Å². The molecule has 2 heterocycles. The maximum Gasteiger partial charge on any atom is 0.401 e. The van der Waals surface area contributed by atoms with Gasteiger partial charge in [0, 0.05) is 25.6 Å². The number of thioether (sulfide) groups is 1. The van der Waals surface area contributed by atoms with E-state index in [1.807, 2.05) is 6.92 Å². The first-order valence-corrected chi connectivity index (χ1v) is 11.7. The highest BCUT2D eigenvalue weighted by Crippen LogP contribution is 2.33. The molecule has 2 rings (SSSR count). The first-order valence-electron chi connectivity index (χ1n) is 10.4.